The molecule has 0 aliphatic carbocycles. The largest absolute Gasteiger partial charge is 0.497 e. The number of aryl methyl sites for hydroxylation is 2. The Morgan fingerprint density at radius 1 is 1.08 bits per heavy atom. The van der Waals surface area contributed by atoms with E-state index in [0.717, 1.165) is 22.3 Å². The molecule has 0 unspecified atom stereocenters. The van der Waals surface area contributed by atoms with Gasteiger partial charge in [0.25, 0.3) is 0 Å². The van der Waals surface area contributed by atoms with Crippen LogP contribution in [0.3, 0.4) is 0 Å². The first kappa shape index (κ1) is 24.3. The number of nitrogens with zero attached hydrogens (tertiary/aromatic N) is 4. The lowest BCUT2D eigenvalue weighted by Crippen LogP contribution is -2.47. The quantitative estimate of drug-likeness (QED) is 0.422. The van der Waals surface area contributed by atoms with E-state index in [1.54, 1.807) is 30.0 Å². The number of pyridine rings is 1. The number of benzene rings is 2. The first-order valence-electron chi connectivity index (χ1n) is 12.1. The summed E-state index contributed by atoms with van der Waals surface area (Å²) in [5.41, 5.74) is 3.62. The Balaban J connectivity index is 1.54. The molecule has 1 N–H and O–H groups in total. The van der Waals surface area contributed by atoms with E-state index in [9.17, 15) is 9.59 Å². The van der Waals surface area contributed by atoms with Crippen LogP contribution in [0, 0.1) is 12.8 Å². The molecule has 4 aromatic rings. The SMILES string of the molecule is COc1ccc(N2C(=O)CC[C@H](C(=O)Nc3cnc4c(c3)c(C)nn4C)[C@@H]2c2ccccc2OC)cc1. The fraction of sp³-hybridized carbons (Fsp3) is 0.286. The molecule has 190 valence electrons. The minimum absolute atomic E-state index is 0.0563. The van der Waals surface area contributed by atoms with Gasteiger partial charge in [0.15, 0.2) is 5.65 Å². The molecule has 1 aliphatic rings. The number of para-hydroxylation sites is 1. The van der Waals surface area contributed by atoms with Gasteiger partial charge in [0.05, 0.1) is 43.8 Å². The Kier molecular flexibility index (Phi) is 6.52. The van der Waals surface area contributed by atoms with E-state index in [2.05, 4.69) is 15.4 Å². The molecule has 3 heterocycles. The van der Waals surface area contributed by atoms with Crippen molar-refractivity contribution in [3.63, 3.8) is 0 Å². The number of rotatable bonds is 6. The number of hydrogen-bond acceptors (Lipinski definition) is 6. The maximum atomic E-state index is 13.8. The molecule has 2 atom stereocenters. The lowest BCUT2D eigenvalue weighted by molar-refractivity contribution is -0.125. The van der Waals surface area contributed by atoms with Crippen molar-refractivity contribution in [2.75, 3.05) is 24.4 Å². The molecule has 9 nitrogen and oxygen atoms in total. The molecule has 37 heavy (non-hydrogen) atoms. The average molecular weight is 500 g/mol. The minimum Gasteiger partial charge on any atom is -0.497 e. The Labute approximate surface area is 215 Å². The Bertz CT molecular complexity index is 1460. The molecule has 2 amide bonds. The number of ether oxygens (including phenoxy) is 2. The molecule has 0 spiro atoms. The van der Waals surface area contributed by atoms with E-state index in [4.69, 9.17) is 9.47 Å². The zero-order valence-corrected chi connectivity index (χ0v) is 21.3. The predicted molar refractivity (Wildman–Crippen MR) is 141 cm³/mol. The third-order valence-electron chi connectivity index (χ3n) is 6.87. The summed E-state index contributed by atoms with van der Waals surface area (Å²) in [4.78, 5) is 33.3. The number of hydrogen-bond donors (Lipinski definition) is 1. The second kappa shape index (κ2) is 9.93. The zero-order chi connectivity index (χ0) is 26.1. The smallest absolute Gasteiger partial charge is 0.229 e. The number of carbonyl (C=O) groups excluding carboxylic acids is 2. The van der Waals surface area contributed by atoms with Crippen molar-refractivity contribution in [3.8, 4) is 11.5 Å². The van der Waals surface area contributed by atoms with E-state index in [-0.39, 0.29) is 18.2 Å². The van der Waals surface area contributed by atoms with E-state index < -0.39 is 12.0 Å². The summed E-state index contributed by atoms with van der Waals surface area (Å²) in [5, 5.41) is 8.33. The fourth-order valence-corrected chi connectivity index (χ4v) is 5.09. The van der Waals surface area contributed by atoms with E-state index in [1.165, 1.54) is 0 Å². The summed E-state index contributed by atoms with van der Waals surface area (Å²) in [6.07, 6.45) is 2.28. The first-order valence-corrected chi connectivity index (χ1v) is 12.1. The summed E-state index contributed by atoms with van der Waals surface area (Å²) in [7, 11) is 5.02. The minimum atomic E-state index is -0.567. The molecule has 2 aromatic heterocycles. The number of amides is 2. The summed E-state index contributed by atoms with van der Waals surface area (Å²) < 4.78 is 12.7. The second-order valence-corrected chi connectivity index (χ2v) is 9.09. The van der Waals surface area contributed by atoms with Gasteiger partial charge < -0.3 is 19.7 Å². The van der Waals surface area contributed by atoms with Gasteiger partial charge in [-0.05, 0) is 49.7 Å². The molecule has 0 radical (unpaired) electrons. The Morgan fingerprint density at radius 3 is 2.57 bits per heavy atom. The maximum absolute atomic E-state index is 13.8. The third kappa shape index (κ3) is 4.48. The molecule has 2 aromatic carbocycles. The highest BCUT2D eigenvalue weighted by Gasteiger charge is 2.42. The number of aromatic nitrogens is 3. The van der Waals surface area contributed by atoms with Gasteiger partial charge in [-0.3, -0.25) is 14.3 Å². The van der Waals surface area contributed by atoms with Crippen molar-refractivity contribution < 1.29 is 19.1 Å². The number of anilines is 2. The van der Waals surface area contributed by atoms with Crippen molar-refractivity contribution >= 4 is 34.2 Å². The van der Waals surface area contributed by atoms with Gasteiger partial charge in [-0.1, -0.05) is 18.2 Å². The van der Waals surface area contributed by atoms with Gasteiger partial charge >= 0.3 is 0 Å². The van der Waals surface area contributed by atoms with Crippen LogP contribution < -0.4 is 19.7 Å². The fourth-order valence-electron chi connectivity index (χ4n) is 5.09. The number of piperidine rings is 1. The van der Waals surface area contributed by atoms with Gasteiger partial charge in [-0.2, -0.15) is 5.10 Å². The van der Waals surface area contributed by atoms with Crippen molar-refractivity contribution in [3.05, 3.63) is 72.1 Å². The molecule has 0 saturated carbocycles. The van der Waals surface area contributed by atoms with E-state index in [0.29, 0.717) is 29.3 Å². The third-order valence-corrected chi connectivity index (χ3v) is 6.87. The molecule has 1 fully saturated rings. The van der Waals surface area contributed by atoms with Crippen molar-refractivity contribution in [1.82, 2.24) is 14.8 Å². The monoisotopic (exact) mass is 499 g/mol. The van der Waals surface area contributed by atoms with Crippen LogP contribution in [-0.4, -0.2) is 40.8 Å². The van der Waals surface area contributed by atoms with Crippen LogP contribution >= 0.6 is 0 Å². The molecule has 1 saturated heterocycles. The molecule has 5 rings (SSSR count). The summed E-state index contributed by atoms with van der Waals surface area (Å²) in [6, 6.07) is 16.1. The molecule has 0 bridgehead atoms. The molecule has 1 aliphatic heterocycles. The van der Waals surface area contributed by atoms with Gasteiger partial charge in [0, 0.05) is 30.1 Å². The normalized spacial score (nSPS) is 17.6. The van der Waals surface area contributed by atoms with Crippen molar-refractivity contribution in [2.24, 2.45) is 13.0 Å². The summed E-state index contributed by atoms with van der Waals surface area (Å²) >= 11 is 0. The van der Waals surface area contributed by atoms with Gasteiger partial charge in [-0.15, -0.1) is 0 Å². The van der Waals surface area contributed by atoms with Crippen LogP contribution in [0.15, 0.2) is 60.8 Å². The van der Waals surface area contributed by atoms with Crippen molar-refractivity contribution in [2.45, 2.75) is 25.8 Å². The van der Waals surface area contributed by atoms with Crippen LogP contribution in [0.1, 0.15) is 30.1 Å². The van der Waals surface area contributed by atoms with E-state index >= 15 is 0 Å². The van der Waals surface area contributed by atoms with Crippen molar-refractivity contribution in [1.29, 1.82) is 0 Å². The van der Waals surface area contributed by atoms with Gasteiger partial charge in [0.2, 0.25) is 11.8 Å². The van der Waals surface area contributed by atoms with Gasteiger partial charge in [0.1, 0.15) is 11.5 Å². The topological polar surface area (TPSA) is 98.6 Å². The summed E-state index contributed by atoms with van der Waals surface area (Å²) in [5.74, 6) is 0.531. The lowest BCUT2D eigenvalue weighted by atomic mass is 9.82. The first-order chi connectivity index (χ1) is 17.9. The van der Waals surface area contributed by atoms with Crippen LogP contribution in [0.25, 0.3) is 11.0 Å². The van der Waals surface area contributed by atoms with Gasteiger partial charge in [-0.25, -0.2) is 4.98 Å². The standard InChI is InChI=1S/C28H29N5O4/c1-17-23-15-18(16-29-27(23)32(2)31-17)30-28(35)22-13-14-25(34)33(19-9-11-20(36-3)12-10-19)26(22)21-7-5-6-8-24(21)37-4/h5-12,15-16,22,26H,13-14H2,1-4H3,(H,30,35)/t22-,26-/m0/s1. The lowest BCUT2D eigenvalue weighted by Gasteiger charge is -2.41. The second-order valence-electron chi connectivity index (χ2n) is 9.09. The zero-order valence-electron chi connectivity index (χ0n) is 21.3. The Hall–Kier alpha value is -4.40. The number of carbonyl (C=O) groups is 2. The van der Waals surface area contributed by atoms with Crippen LogP contribution in [0.5, 0.6) is 11.5 Å². The van der Waals surface area contributed by atoms with Crippen LogP contribution in [0.2, 0.25) is 0 Å². The maximum Gasteiger partial charge on any atom is 0.229 e. The molecular formula is C28H29N5O4. The van der Waals surface area contributed by atoms with Crippen LogP contribution in [-0.2, 0) is 16.6 Å². The highest BCUT2D eigenvalue weighted by atomic mass is 16.5. The molecular weight excluding hydrogens is 470 g/mol. The highest BCUT2D eigenvalue weighted by Crippen LogP contribution is 2.43. The summed E-state index contributed by atoms with van der Waals surface area (Å²) in [6.45, 7) is 1.91. The Morgan fingerprint density at radius 2 is 1.84 bits per heavy atom. The number of nitrogens with one attached hydrogen (secondary N) is 1. The van der Waals surface area contributed by atoms with Crippen LogP contribution in [0.4, 0.5) is 11.4 Å². The highest BCUT2D eigenvalue weighted by molar-refractivity contribution is 6.01. The average Bonchev–Trinajstić information content (AvgIpc) is 3.20. The predicted octanol–water partition coefficient (Wildman–Crippen LogP) is 4.42. The molecule has 9 heteroatoms. The number of methoxy groups -OCH3 is 2. The number of fused-ring (bicyclic) bond motifs is 1. The van der Waals surface area contributed by atoms with E-state index in [1.807, 2.05) is 68.6 Å².